The molecule has 2 N–H and O–H groups in total. The van der Waals surface area contributed by atoms with Gasteiger partial charge in [0.2, 0.25) is 0 Å². The van der Waals surface area contributed by atoms with Gasteiger partial charge in [-0.1, -0.05) is 6.07 Å². The summed E-state index contributed by atoms with van der Waals surface area (Å²) in [5.41, 5.74) is 1.46. The van der Waals surface area contributed by atoms with Crippen molar-refractivity contribution in [3.05, 3.63) is 59.2 Å². The second-order valence-corrected chi connectivity index (χ2v) is 6.72. The molecule has 1 heterocycles. The van der Waals surface area contributed by atoms with Crippen molar-refractivity contribution >= 4 is 23.6 Å². The summed E-state index contributed by atoms with van der Waals surface area (Å²) in [6, 6.07) is 11.0. The maximum absolute atomic E-state index is 12.8. The largest absolute Gasteiger partial charge is 0.504 e. The van der Waals surface area contributed by atoms with Crippen LogP contribution in [0.25, 0.3) is 0 Å². The fourth-order valence-electron chi connectivity index (χ4n) is 2.72. The molecule has 7 heteroatoms. The van der Waals surface area contributed by atoms with Gasteiger partial charge in [-0.05, 0) is 42.0 Å². The van der Waals surface area contributed by atoms with Crippen LogP contribution in [0.2, 0.25) is 0 Å². The van der Waals surface area contributed by atoms with Gasteiger partial charge in [0.05, 0.1) is 12.7 Å². The number of carboxylic acids is 1. The number of hydrogen-bond donors (Lipinski definition) is 2. The number of nitrogens with zero attached hydrogens (tertiary/aromatic N) is 1. The third-order valence-electron chi connectivity index (χ3n) is 4.02. The van der Waals surface area contributed by atoms with E-state index in [0.717, 1.165) is 11.3 Å². The van der Waals surface area contributed by atoms with E-state index in [0.29, 0.717) is 17.9 Å². The monoisotopic (exact) mass is 359 g/mol. The highest BCUT2D eigenvalue weighted by atomic mass is 32.2. The number of aromatic carboxylic acids is 1. The summed E-state index contributed by atoms with van der Waals surface area (Å²) in [7, 11) is 1.48. The van der Waals surface area contributed by atoms with E-state index in [4.69, 9.17) is 9.84 Å². The summed E-state index contributed by atoms with van der Waals surface area (Å²) < 4.78 is 5.14. The molecule has 1 saturated heterocycles. The molecule has 130 valence electrons. The molecule has 0 saturated carbocycles. The lowest BCUT2D eigenvalue weighted by atomic mass is 10.1. The highest BCUT2D eigenvalue weighted by Crippen LogP contribution is 2.41. The summed E-state index contributed by atoms with van der Waals surface area (Å²) in [5.74, 6) is 0.0376. The van der Waals surface area contributed by atoms with Crippen LogP contribution >= 0.6 is 11.8 Å². The molecule has 0 aromatic heterocycles. The van der Waals surface area contributed by atoms with E-state index in [1.807, 2.05) is 0 Å². The van der Waals surface area contributed by atoms with Crippen LogP contribution in [-0.2, 0) is 0 Å². The topological polar surface area (TPSA) is 87.1 Å². The number of benzene rings is 2. The number of methoxy groups -OCH3 is 1. The number of phenolic OH excluding ortho intramolecular Hbond substituents is 1. The quantitative estimate of drug-likeness (QED) is 0.873. The Morgan fingerprint density at radius 2 is 1.84 bits per heavy atom. The Kier molecular flexibility index (Phi) is 4.85. The van der Waals surface area contributed by atoms with E-state index in [1.165, 1.54) is 31.4 Å². The van der Waals surface area contributed by atoms with Crippen LogP contribution in [0.5, 0.6) is 11.5 Å². The second-order valence-electron chi connectivity index (χ2n) is 5.54. The van der Waals surface area contributed by atoms with Gasteiger partial charge in [-0.2, -0.15) is 0 Å². The lowest BCUT2D eigenvalue weighted by Gasteiger charge is -2.24. The number of carboxylic acid groups (broad SMARTS) is 1. The molecule has 1 fully saturated rings. The van der Waals surface area contributed by atoms with Crippen LogP contribution < -0.4 is 4.74 Å². The molecular weight excluding hydrogens is 342 g/mol. The Morgan fingerprint density at radius 3 is 2.48 bits per heavy atom. The van der Waals surface area contributed by atoms with Crippen LogP contribution in [-0.4, -0.2) is 46.4 Å². The number of carbonyl (C=O) groups excluding carboxylic acids is 1. The number of hydrogen-bond acceptors (Lipinski definition) is 5. The normalized spacial score (nSPS) is 16.7. The first-order valence-corrected chi connectivity index (χ1v) is 8.69. The molecule has 1 aliphatic heterocycles. The molecule has 0 aliphatic carbocycles. The fourth-order valence-corrected chi connectivity index (χ4v) is 3.97. The van der Waals surface area contributed by atoms with Gasteiger partial charge in [0.1, 0.15) is 5.37 Å². The van der Waals surface area contributed by atoms with Crippen molar-refractivity contribution in [1.29, 1.82) is 0 Å². The second kappa shape index (κ2) is 7.06. The van der Waals surface area contributed by atoms with Crippen LogP contribution in [0.3, 0.4) is 0 Å². The third kappa shape index (κ3) is 3.41. The van der Waals surface area contributed by atoms with E-state index < -0.39 is 5.97 Å². The summed E-state index contributed by atoms with van der Waals surface area (Å²) in [6.07, 6.45) is 0. The Labute approximate surface area is 149 Å². The minimum atomic E-state index is -1.02. The highest BCUT2D eigenvalue weighted by molar-refractivity contribution is 7.99. The van der Waals surface area contributed by atoms with E-state index in [2.05, 4.69) is 0 Å². The van der Waals surface area contributed by atoms with Gasteiger partial charge < -0.3 is 19.8 Å². The molecule has 1 amide bonds. The molecule has 1 aliphatic rings. The molecule has 1 unspecified atom stereocenters. The maximum Gasteiger partial charge on any atom is 0.335 e. The third-order valence-corrected chi connectivity index (χ3v) is 5.28. The highest BCUT2D eigenvalue weighted by Gasteiger charge is 2.31. The molecule has 1 atom stereocenters. The van der Waals surface area contributed by atoms with Gasteiger partial charge in [0, 0.05) is 17.9 Å². The number of aromatic hydroxyl groups is 1. The van der Waals surface area contributed by atoms with Gasteiger partial charge >= 0.3 is 5.97 Å². The molecule has 6 nitrogen and oxygen atoms in total. The molecular formula is C18H17NO5S. The molecule has 0 spiro atoms. The van der Waals surface area contributed by atoms with Crippen LogP contribution in [0.15, 0.2) is 42.5 Å². The molecule has 25 heavy (non-hydrogen) atoms. The molecule has 3 rings (SSSR count). The van der Waals surface area contributed by atoms with E-state index in [-0.39, 0.29) is 22.6 Å². The van der Waals surface area contributed by atoms with Crippen molar-refractivity contribution in [2.45, 2.75) is 5.37 Å². The van der Waals surface area contributed by atoms with Crippen molar-refractivity contribution in [3.8, 4) is 11.5 Å². The fraction of sp³-hybridized carbons (Fsp3) is 0.222. The minimum Gasteiger partial charge on any atom is -0.504 e. The number of carbonyl (C=O) groups is 2. The molecule has 0 radical (unpaired) electrons. The van der Waals surface area contributed by atoms with Crippen molar-refractivity contribution in [3.63, 3.8) is 0 Å². The van der Waals surface area contributed by atoms with Gasteiger partial charge in [-0.15, -0.1) is 11.8 Å². The standard InChI is InChI=1S/C18H17NO5S/c1-24-15-10-13(6-7-14(15)20)17-19(8-9-25-17)16(21)11-2-4-12(5-3-11)18(22)23/h2-7,10,17,20H,8-9H2,1H3,(H,22,23). The van der Waals surface area contributed by atoms with Gasteiger partial charge in [0.25, 0.3) is 5.91 Å². The Morgan fingerprint density at radius 1 is 1.16 bits per heavy atom. The zero-order valence-corrected chi connectivity index (χ0v) is 14.3. The van der Waals surface area contributed by atoms with Gasteiger partial charge in [-0.3, -0.25) is 4.79 Å². The summed E-state index contributed by atoms with van der Waals surface area (Å²) in [4.78, 5) is 25.5. The van der Waals surface area contributed by atoms with E-state index in [9.17, 15) is 14.7 Å². The zero-order chi connectivity index (χ0) is 18.0. The summed E-state index contributed by atoms with van der Waals surface area (Å²) >= 11 is 1.63. The van der Waals surface area contributed by atoms with Crippen molar-refractivity contribution in [2.24, 2.45) is 0 Å². The van der Waals surface area contributed by atoms with Crippen LogP contribution in [0.1, 0.15) is 31.7 Å². The molecule has 2 aromatic carbocycles. The van der Waals surface area contributed by atoms with Crippen molar-refractivity contribution in [2.75, 3.05) is 19.4 Å². The average molecular weight is 359 g/mol. The Hall–Kier alpha value is -2.67. The first-order valence-electron chi connectivity index (χ1n) is 7.64. The summed E-state index contributed by atoms with van der Waals surface area (Å²) in [5, 5.41) is 18.5. The molecule has 0 bridgehead atoms. The predicted octanol–water partition coefficient (Wildman–Crippen LogP) is 2.99. The number of rotatable bonds is 4. The van der Waals surface area contributed by atoms with Gasteiger partial charge in [0.15, 0.2) is 11.5 Å². The number of phenols is 1. The lowest BCUT2D eigenvalue weighted by Crippen LogP contribution is -2.30. The number of ether oxygens (including phenoxy) is 1. The van der Waals surface area contributed by atoms with Crippen LogP contribution in [0, 0.1) is 0 Å². The average Bonchev–Trinajstić information content (AvgIpc) is 3.11. The number of thioether (sulfide) groups is 1. The first kappa shape index (κ1) is 17.2. The predicted molar refractivity (Wildman–Crippen MR) is 94.3 cm³/mol. The Balaban J connectivity index is 1.85. The van der Waals surface area contributed by atoms with Crippen LogP contribution in [0.4, 0.5) is 0 Å². The Bertz CT molecular complexity index is 806. The van der Waals surface area contributed by atoms with Gasteiger partial charge in [-0.25, -0.2) is 4.79 Å². The number of amides is 1. The summed E-state index contributed by atoms with van der Waals surface area (Å²) in [6.45, 7) is 0.595. The smallest absolute Gasteiger partial charge is 0.335 e. The first-order chi connectivity index (χ1) is 12.0. The van der Waals surface area contributed by atoms with Crippen molar-refractivity contribution in [1.82, 2.24) is 4.90 Å². The SMILES string of the molecule is COc1cc(C2SCCN2C(=O)c2ccc(C(=O)O)cc2)ccc1O. The van der Waals surface area contributed by atoms with E-state index >= 15 is 0 Å². The van der Waals surface area contributed by atoms with Crippen molar-refractivity contribution < 1.29 is 24.5 Å². The maximum atomic E-state index is 12.8. The minimum absolute atomic E-state index is 0.0522. The molecule has 2 aromatic rings. The zero-order valence-electron chi connectivity index (χ0n) is 13.5. The van der Waals surface area contributed by atoms with E-state index in [1.54, 1.807) is 34.9 Å². The lowest BCUT2D eigenvalue weighted by molar-refractivity contribution is 0.0694.